The molecule has 22 heavy (non-hydrogen) atoms. The minimum atomic E-state index is -0.639. The highest BCUT2D eigenvalue weighted by molar-refractivity contribution is 7.96. The largest absolute Gasteiger partial charge is 0.463 e. The zero-order valence-corrected chi connectivity index (χ0v) is 14.9. The number of ketones is 1. The number of primary amides is 1. The molecule has 1 heterocycles. The van der Waals surface area contributed by atoms with Gasteiger partial charge >= 0.3 is 0 Å². The summed E-state index contributed by atoms with van der Waals surface area (Å²) >= 11 is 13.8. The van der Waals surface area contributed by atoms with E-state index in [1.165, 1.54) is 6.20 Å². The maximum atomic E-state index is 11.6. The number of hydrogen-bond acceptors (Lipinski definition) is 5. The van der Waals surface area contributed by atoms with E-state index in [4.69, 9.17) is 33.4 Å². The molecule has 6 nitrogen and oxygen atoms in total. The van der Waals surface area contributed by atoms with Crippen molar-refractivity contribution in [3.8, 4) is 0 Å². The number of carbonyl (C=O) groups is 2. The number of pyridine rings is 1. The highest BCUT2D eigenvalue weighted by atomic mass is 35.5. The van der Waals surface area contributed by atoms with Crippen LogP contribution in [0.5, 0.6) is 0 Å². The first-order valence-electron chi connectivity index (χ1n) is 6.09. The number of ether oxygens (including phenoxy) is 1. The van der Waals surface area contributed by atoms with Gasteiger partial charge < -0.3 is 15.8 Å². The van der Waals surface area contributed by atoms with Gasteiger partial charge in [0.25, 0.3) is 10.4 Å². The Morgan fingerprint density at radius 2 is 2.00 bits per heavy atom. The summed E-state index contributed by atoms with van der Waals surface area (Å²) in [5.74, 6) is 0.503. The van der Waals surface area contributed by atoms with Crippen LogP contribution in [0.25, 0.3) is 0 Å². The van der Waals surface area contributed by atoms with Crippen molar-refractivity contribution in [3.63, 3.8) is 0 Å². The van der Waals surface area contributed by atoms with Crippen LogP contribution in [0.15, 0.2) is 18.3 Å². The van der Waals surface area contributed by atoms with Crippen LogP contribution in [0.4, 0.5) is 10.6 Å². The van der Waals surface area contributed by atoms with Gasteiger partial charge in [-0.1, -0.05) is 45.0 Å². The van der Waals surface area contributed by atoms with Crippen molar-refractivity contribution in [1.29, 1.82) is 0 Å². The zero-order chi connectivity index (χ0) is 17.3. The van der Waals surface area contributed by atoms with Crippen LogP contribution in [0.2, 0.25) is 5.02 Å². The maximum Gasteiger partial charge on any atom is 0.273 e. The molecule has 0 bridgehead atoms. The van der Waals surface area contributed by atoms with Crippen molar-refractivity contribution in [3.05, 3.63) is 23.4 Å². The van der Waals surface area contributed by atoms with E-state index in [0.717, 1.165) is 0 Å². The normalized spacial score (nSPS) is 10.0. The number of amides is 1. The van der Waals surface area contributed by atoms with Crippen molar-refractivity contribution in [2.24, 2.45) is 11.1 Å². The molecule has 0 aromatic carbocycles. The number of nitrogens with zero attached hydrogens (tertiary/aromatic N) is 1. The Morgan fingerprint density at radius 3 is 2.41 bits per heavy atom. The second-order valence-electron chi connectivity index (χ2n) is 5.07. The van der Waals surface area contributed by atoms with Crippen LogP contribution in [0.3, 0.4) is 0 Å². The Labute approximate surface area is 145 Å². The lowest BCUT2D eigenvalue weighted by atomic mass is 9.91. The maximum absolute atomic E-state index is 11.6. The molecule has 9 heteroatoms. The molecule has 0 spiro atoms. The van der Waals surface area contributed by atoms with Crippen molar-refractivity contribution in [2.75, 3.05) is 11.9 Å². The number of nitrogens with two attached hydrogens (primary N) is 1. The standard InChI is InChI=1S/C12H15ClN2O2S.CH3NOS/c1-12(2,3)9(16)7-17-11(18)15-10-5-4-8(13)6-14-10;2-1(3)4/h4-6H,7H2,1-3H3,(H,14,15,18);(H3,2,3,4). The smallest absolute Gasteiger partial charge is 0.273 e. The summed E-state index contributed by atoms with van der Waals surface area (Å²) in [7, 11) is 0. The van der Waals surface area contributed by atoms with Crippen molar-refractivity contribution in [2.45, 2.75) is 20.8 Å². The summed E-state index contributed by atoms with van der Waals surface area (Å²) in [5, 5.41) is 2.77. The summed E-state index contributed by atoms with van der Waals surface area (Å²) in [6.45, 7) is 5.44. The number of halogens is 1. The minimum Gasteiger partial charge on any atom is -0.463 e. The van der Waals surface area contributed by atoms with E-state index < -0.39 is 10.7 Å². The molecule has 0 saturated heterocycles. The predicted octanol–water partition coefficient (Wildman–Crippen LogP) is 3.06. The third-order valence-corrected chi connectivity index (χ3v) is 2.57. The Kier molecular flexibility index (Phi) is 9.00. The van der Waals surface area contributed by atoms with E-state index in [2.05, 4.69) is 28.7 Å². The van der Waals surface area contributed by atoms with Gasteiger partial charge in [0, 0.05) is 11.6 Å². The SMILES string of the molecule is CC(C)(C)C(=O)COC(=S)Nc1ccc(Cl)cn1.NC(=O)S. The zero-order valence-electron chi connectivity index (χ0n) is 12.4. The molecular weight excluding hydrogens is 346 g/mol. The Balaban J connectivity index is 0.000000980. The predicted molar refractivity (Wildman–Crippen MR) is 94.5 cm³/mol. The minimum absolute atomic E-state index is 0.0179. The van der Waals surface area contributed by atoms with Crippen LogP contribution < -0.4 is 11.1 Å². The van der Waals surface area contributed by atoms with Gasteiger partial charge in [-0.05, 0) is 24.4 Å². The Hall–Kier alpha value is -1.38. The number of nitrogens with one attached hydrogen (secondary N) is 1. The highest BCUT2D eigenvalue weighted by Gasteiger charge is 2.21. The lowest BCUT2D eigenvalue weighted by molar-refractivity contribution is -0.128. The van der Waals surface area contributed by atoms with E-state index in [0.29, 0.717) is 10.8 Å². The molecule has 1 aromatic rings. The van der Waals surface area contributed by atoms with E-state index in [-0.39, 0.29) is 17.6 Å². The molecule has 1 aromatic heterocycles. The summed E-state index contributed by atoms with van der Waals surface area (Å²) in [6.07, 6.45) is 1.49. The van der Waals surface area contributed by atoms with E-state index in [9.17, 15) is 4.79 Å². The third-order valence-electron chi connectivity index (χ3n) is 2.13. The topological polar surface area (TPSA) is 94.3 Å². The van der Waals surface area contributed by atoms with Crippen LogP contribution in [-0.4, -0.2) is 27.8 Å². The van der Waals surface area contributed by atoms with Crippen molar-refractivity contribution >= 4 is 58.5 Å². The number of thiocarbonyl (C=S) groups is 1. The molecule has 122 valence electrons. The van der Waals surface area contributed by atoms with Crippen LogP contribution in [0.1, 0.15) is 20.8 Å². The average molecular weight is 364 g/mol. The first kappa shape index (κ1) is 20.6. The van der Waals surface area contributed by atoms with Crippen LogP contribution in [-0.2, 0) is 9.53 Å². The van der Waals surface area contributed by atoms with Gasteiger partial charge in [0.15, 0.2) is 5.78 Å². The molecule has 0 aliphatic heterocycles. The Morgan fingerprint density at radius 1 is 1.45 bits per heavy atom. The van der Waals surface area contributed by atoms with Gasteiger partial charge in [-0.25, -0.2) is 4.98 Å². The van der Waals surface area contributed by atoms with Gasteiger partial charge in [-0.3, -0.25) is 9.59 Å². The fraction of sp³-hybridized carbons (Fsp3) is 0.385. The highest BCUT2D eigenvalue weighted by Crippen LogP contribution is 2.14. The molecule has 1 amide bonds. The van der Waals surface area contributed by atoms with Crippen LogP contribution in [0, 0.1) is 5.41 Å². The summed E-state index contributed by atoms with van der Waals surface area (Å²) < 4.78 is 5.16. The molecule has 0 fully saturated rings. The lowest BCUT2D eigenvalue weighted by Crippen LogP contribution is -2.27. The molecule has 3 N–H and O–H groups in total. The number of carbonyl (C=O) groups excluding carboxylic acids is 2. The number of rotatable bonds is 3. The quantitative estimate of drug-likeness (QED) is 0.564. The molecule has 0 aliphatic rings. The molecule has 0 aliphatic carbocycles. The molecular formula is C13H18ClN3O3S2. The van der Waals surface area contributed by atoms with Gasteiger partial charge in [-0.15, -0.1) is 0 Å². The molecule has 0 radical (unpaired) electrons. The fourth-order valence-electron chi connectivity index (χ4n) is 0.938. The monoisotopic (exact) mass is 363 g/mol. The lowest BCUT2D eigenvalue weighted by Gasteiger charge is -2.17. The van der Waals surface area contributed by atoms with E-state index in [1.807, 2.05) is 20.8 Å². The molecule has 0 saturated carbocycles. The molecule has 0 atom stereocenters. The number of anilines is 1. The van der Waals surface area contributed by atoms with E-state index in [1.54, 1.807) is 12.1 Å². The number of hydrogen-bond donors (Lipinski definition) is 3. The first-order chi connectivity index (χ1) is 10.0. The fourth-order valence-corrected chi connectivity index (χ4v) is 1.21. The third kappa shape index (κ3) is 10.4. The van der Waals surface area contributed by atoms with Gasteiger partial charge in [-0.2, -0.15) is 0 Å². The van der Waals surface area contributed by atoms with E-state index >= 15 is 0 Å². The number of aromatic nitrogens is 1. The first-order valence-corrected chi connectivity index (χ1v) is 7.32. The average Bonchev–Trinajstić information content (AvgIpc) is 2.37. The summed E-state index contributed by atoms with van der Waals surface area (Å²) in [6, 6.07) is 3.35. The van der Waals surface area contributed by atoms with Gasteiger partial charge in [0.05, 0.1) is 5.02 Å². The van der Waals surface area contributed by atoms with Gasteiger partial charge in [0.2, 0.25) is 0 Å². The Bertz CT molecular complexity index is 526. The molecule has 1 rings (SSSR count). The van der Waals surface area contributed by atoms with Gasteiger partial charge in [0.1, 0.15) is 12.4 Å². The van der Waals surface area contributed by atoms with Crippen LogP contribution >= 0.6 is 36.4 Å². The van der Waals surface area contributed by atoms with Crippen molar-refractivity contribution in [1.82, 2.24) is 4.98 Å². The second-order valence-corrected chi connectivity index (χ2v) is 6.32. The summed E-state index contributed by atoms with van der Waals surface area (Å²) in [4.78, 5) is 24.7. The number of Topliss-reactive ketones (excluding diaryl/α,β-unsaturated/α-hetero) is 1. The van der Waals surface area contributed by atoms with Crippen molar-refractivity contribution < 1.29 is 14.3 Å². The second kappa shape index (κ2) is 9.60. The molecule has 0 unspecified atom stereocenters. The summed E-state index contributed by atoms with van der Waals surface area (Å²) in [5.41, 5.74) is 3.90. The number of thiol groups is 1.